The molecule has 0 aliphatic heterocycles. The van der Waals surface area contributed by atoms with Gasteiger partial charge in [-0.3, -0.25) is 9.35 Å². The van der Waals surface area contributed by atoms with E-state index in [1.807, 2.05) is 12.1 Å². The van der Waals surface area contributed by atoms with Crippen molar-refractivity contribution in [3.05, 3.63) is 28.4 Å². The molecule has 1 N–H and O–H groups in total. The highest BCUT2D eigenvalue weighted by Gasteiger charge is 2.13. The zero-order valence-corrected chi connectivity index (χ0v) is 16.7. The minimum absolute atomic E-state index is 0.0800. The average molecular weight is 622 g/mol. The normalized spacial score (nSPS) is 11.4. The van der Waals surface area contributed by atoms with E-state index < -0.39 is 21.8 Å². The molecule has 0 saturated heterocycles. The highest BCUT2D eigenvalue weighted by atomic mass is 127. The standard InChI is InChI=1S/C10H9I3O5S/c11-7-3-6(10(13)8(12)5-7)4-9(14)18-1-2-19(15,16)17/h3,5H,1-2,4H2,(H,15,16,17). The SMILES string of the molecule is O=C(Cc1cc(I)cc(I)c1I)OCCS(=O)(=O)O. The van der Waals surface area contributed by atoms with Crippen LogP contribution in [-0.2, 0) is 26.1 Å². The van der Waals surface area contributed by atoms with E-state index >= 15 is 0 Å². The van der Waals surface area contributed by atoms with E-state index in [0.717, 1.165) is 16.3 Å². The maximum absolute atomic E-state index is 11.6. The van der Waals surface area contributed by atoms with Crippen molar-refractivity contribution in [3.63, 3.8) is 0 Å². The Balaban J connectivity index is 2.63. The van der Waals surface area contributed by atoms with Gasteiger partial charge >= 0.3 is 5.97 Å². The Morgan fingerprint density at radius 2 is 1.89 bits per heavy atom. The fourth-order valence-corrected chi connectivity index (χ4v) is 3.97. The molecule has 0 radical (unpaired) electrons. The second-order valence-corrected chi connectivity index (χ2v) is 8.60. The van der Waals surface area contributed by atoms with E-state index in [1.165, 1.54) is 0 Å². The van der Waals surface area contributed by atoms with Crippen LogP contribution in [0.25, 0.3) is 0 Å². The monoisotopic (exact) mass is 622 g/mol. The van der Waals surface area contributed by atoms with Crippen molar-refractivity contribution in [1.82, 2.24) is 0 Å². The largest absolute Gasteiger partial charge is 0.464 e. The molecule has 19 heavy (non-hydrogen) atoms. The molecule has 0 saturated carbocycles. The summed E-state index contributed by atoms with van der Waals surface area (Å²) in [6, 6.07) is 3.88. The Morgan fingerprint density at radius 1 is 1.26 bits per heavy atom. The molecule has 0 unspecified atom stereocenters. The lowest BCUT2D eigenvalue weighted by molar-refractivity contribution is -0.142. The van der Waals surface area contributed by atoms with Gasteiger partial charge in [-0.05, 0) is 85.5 Å². The number of esters is 1. The molecule has 0 heterocycles. The third kappa shape index (κ3) is 6.86. The van der Waals surface area contributed by atoms with Crippen LogP contribution in [0.4, 0.5) is 0 Å². The Kier molecular flexibility index (Phi) is 7.23. The van der Waals surface area contributed by atoms with Gasteiger partial charge < -0.3 is 4.74 Å². The van der Waals surface area contributed by atoms with E-state index in [0.29, 0.717) is 0 Å². The van der Waals surface area contributed by atoms with Gasteiger partial charge in [-0.25, -0.2) is 0 Å². The van der Waals surface area contributed by atoms with Crippen LogP contribution in [0, 0.1) is 10.7 Å². The molecular formula is C10H9I3O5S. The van der Waals surface area contributed by atoms with Crippen molar-refractivity contribution < 1.29 is 22.5 Å². The van der Waals surface area contributed by atoms with Crippen LogP contribution in [0.2, 0.25) is 0 Å². The number of halogens is 3. The summed E-state index contributed by atoms with van der Waals surface area (Å²) >= 11 is 6.50. The fourth-order valence-electron chi connectivity index (χ4n) is 1.21. The first-order valence-corrected chi connectivity index (χ1v) is 9.78. The lowest BCUT2D eigenvalue weighted by Crippen LogP contribution is -2.16. The van der Waals surface area contributed by atoms with Crippen LogP contribution in [0.15, 0.2) is 12.1 Å². The maximum atomic E-state index is 11.6. The van der Waals surface area contributed by atoms with Crippen LogP contribution in [0.3, 0.4) is 0 Å². The highest BCUT2D eigenvalue weighted by molar-refractivity contribution is 14.1. The molecule has 5 nitrogen and oxygen atoms in total. The number of ether oxygens (including phenoxy) is 1. The molecule has 0 amide bonds. The Bertz CT molecular complexity index is 585. The lowest BCUT2D eigenvalue weighted by Gasteiger charge is -2.08. The molecular weight excluding hydrogens is 613 g/mol. The summed E-state index contributed by atoms with van der Waals surface area (Å²) < 4.78 is 37.3. The van der Waals surface area contributed by atoms with Crippen molar-refractivity contribution in [2.45, 2.75) is 6.42 Å². The van der Waals surface area contributed by atoms with Crippen molar-refractivity contribution in [2.24, 2.45) is 0 Å². The predicted octanol–water partition coefficient (Wildman–Crippen LogP) is 2.47. The van der Waals surface area contributed by atoms with Crippen molar-refractivity contribution >= 4 is 83.9 Å². The minimum Gasteiger partial charge on any atom is -0.464 e. The van der Waals surface area contributed by atoms with Crippen LogP contribution >= 0.6 is 67.8 Å². The van der Waals surface area contributed by atoms with Crippen molar-refractivity contribution in [2.75, 3.05) is 12.4 Å². The first kappa shape index (κ1) is 17.8. The number of carbonyl (C=O) groups is 1. The molecule has 9 heteroatoms. The van der Waals surface area contributed by atoms with Gasteiger partial charge in [0, 0.05) is 10.7 Å². The molecule has 1 aromatic rings. The third-order valence-electron chi connectivity index (χ3n) is 2.01. The zero-order chi connectivity index (χ0) is 14.6. The van der Waals surface area contributed by atoms with Crippen LogP contribution in [0.1, 0.15) is 5.56 Å². The van der Waals surface area contributed by atoms with Crippen LogP contribution in [0.5, 0.6) is 0 Å². The van der Waals surface area contributed by atoms with Gasteiger partial charge in [-0.2, -0.15) is 8.42 Å². The Morgan fingerprint density at radius 3 is 2.47 bits per heavy atom. The predicted molar refractivity (Wildman–Crippen MR) is 95.7 cm³/mol. The summed E-state index contributed by atoms with van der Waals surface area (Å²) in [5.74, 6) is -1.10. The van der Waals surface area contributed by atoms with Gasteiger partial charge in [0.25, 0.3) is 10.1 Å². The number of hydrogen-bond acceptors (Lipinski definition) is 4. The van der Waals surface area contributed by atoms with Crippen LogP contribution in [-0.4, -0.2) is 31.3 Å². The van der Waals surface area contributed by atoms with E-state index in [9.17, 15) is 13.2 Å². The smallest absolute Gasteiger partial charge is 0.310 e. The Labute approximate surface area is 152 Å². The summed E-state index contributed by atoms with van der Waals surface area (Å²) in [4.78, 5) is 11.6. The molecule has 0 bridgehead atoms. The van der Waals surface area contributed by atoms with Crippen LogP contribution < -0.4 is 0 Å². The quantitative estimate of drug-likeness (QED) is 0.237. The summed E-state index contributed by atoms with van der Waals surface area (Å²) in [5, 5.41) is 0. The first-order chi connectivity index (χ1) is 8.69. The number of hydrogen-bond donors (Lipinski definition) is 1. The van der Waals surface area contributed by atoms with E-state index in [2.05, 4.69) is 67.8 Å². The molecule has 0 aromatic heterocycles. The summed E-state index contributed by atoms with van der Waals surface area (Å²) in [6.45, 7) is -0.338. The molecule has 0 atom stereocenters. The average Bonchev–Trinajstić information content (AvgIpc) is 2.23. The number of rotatable bonds is 5. The third-order valence-corrected chi connectivity index (χ3v) is 6.47. The van der Waals surface area contributed by atoms with Gasteiger partial charge in [0.05, 0.1) is 6.42 Å². The molecule has 0 spiro atoms. The molecule has 0 aliphatic carbocycles. The minimum atomic E-state index is -4.10. The van der Waals surface area contributed by atoms with Gasteiger partial charge in [0.15, 0.2) is 0 Å². The summed E-state index contributed by atoms with van der Waals surface area (Å²) in [5.41, 5.74) is 0.841. The molecule has 1 rings (SSSR count). The molecule has 106 valence electrons. The summed E-state index contributed by atoms with van der Waals surface area (Å²) in [6.07, 6.45) is 0.0800. The van der Waals surface area contributed by atoms with E-state index in [4.69, 9.17) is 9.29 Å². The van der Waals surface area contributed by atoms with E-state index in [1.54, 1.807) is 0 Å². The van der Waals surface area contributed by atoms with E-state index in [-0.39, 0.29) is 13.0 Å². The molecule has 0 aliphatic rings. The summed E-state index contributed by atoms with van der Waals surface area (Å²) in [7, 11) is -4.10. The zero-order valence-electron chi connectivity index (χ0n) is 9.40. The topological polar surface area (TPSA) is 80.7 Å². The van der Waals surface area contributed by atoms with Gasteiger partial charge in [-0.15, -0.1) is 0 Å². The second kappa shape index (κ2) is 7.70. The number of carbonyl (C=O) groups excluding carboxylic acids is 1. The van der Waals surface area contributed by atoms with Crippen molar-refractivity contribution in [1.29, 1.82) is 0 Å². The Hall–Kier alpha value is 0.790. The maximum Gasteiger partial charge on any atom is 0.310 e. The van der Waals surface area contributed by atoms with Gasteiger partial charge in [0.2, 0.25) is 0 Å². The fraction of sp³-hybridized carbons (Fsp3) is 0.300. The first-order valence-electron chi connectivity index (χ1n) is 4.93. The molecule has 1 aromatic carbocycles. The van der Waals surface area contributed by atoms with Gasteiger partial charge in [-0.1, -0.05) is 0 Å². The highest BCUT2D eigenvalue weighted by Crippen LogP contribution is 2.23. The van der Waals surface area contributed by atoms with Crippen molar-refractivity contribution in [3.8, 4) is 0 Å². The second-order valence-electron chi connectivity index (χ2n) is 3.54. The molecule has 0 fully saturated rings. The van der Waals surface area contributed by atoms with Gasteiger partial charge in [0.1, 0.15) is 12.4 Å². The lowest BCUT2D eigenvalue weighted by atomic mass is 10.2. The number of benzene rings is 1.